The first kappa shape index (κ1) is 14.3. The van der Waals surface area contributed by atoms with Gasteiger partial charge in [-0.3, -0.25) is 0 Å². The first-order valence-corrected chi connectivity index (χ1v) is 7.21. The molecule has 0 spiro atoms. The summed E-state index contributed by atoms with van der Waals surface area (Å²) in [5.74, 6) is 0. The van der Waals surface area contributed by atoms with E-state index in [4.69, 9.17) is 0 Å². The lowest BCUT2D eigenvalue weighted by Crippen LogP contribution is -2.11. The third-order valence-electron chi connectivity index (χ3n) is 3.28. The van der Waals surface area contributed by atoms with Gasteiger partial charge in [0.05, 0.1) is 0 Å². The molecule has 2 aromatic carbocycles. The molecule has 0 aromatic heterocycles. The lowest BCUT2D eigenvalue weighted by Gasteiger charge is -2.20. The second-order valence-electron chi connectivity index (χ2n) is 5.83. The molecular weight excluding hydrogens is 300 g/mol. The monoisotopic (exact) mass is 318 g/mol. The summed E-state index contributed by atoms with van der Waals surface area (Å²) in [5.41, 5.74) is 3.25. The van der Waals surface area contributed by atoms with E-state index in [1.54, 1.807) is 0 Å². The first-order valence-electron chi connectivity index (χ1n) is 6.42. The molecule has 100 valence electrons. The Hall–Kier alpha value is -1.12. The zero-order valence-electron chi connectivity index (χ0n) is 11.5. The van der Waals surface area contributed by atoms with Crippen molar-refractivity contribution in [2.45, 2.75) is 32.3 Å². The van der Waals surface area contributed by atoms with Gasteiger partial charge in [-0.05, 0) is 34.2 Å². The van der Waals surface area contributed by atoms with E-state index in [1.807, 2.05) is 36.4 Å². The first-order chi connectivity index (χ1) is 8.88. The minimum atomic E-state index is -0.567. The summed E-state index contributed by atoms with van der Waals surface area (Å²) in [7, 11) is 0. The molecule has 0 amide bonds. The van der Waals surface area contributed by atoms with E-state index in [1.165, 1.54) is 5.56 Å². The molecule has 0 aliphatic heterocycles. The Morgan fingerprint density at radius 2 is 1.26 bits per heavy atom. The van der Waals surface area contributed by atoms with E-state index >= 15 is 0 Å². The summed E-state index contributed by atoms with van der Waals surface area (Å²) in [5, 5.41) is 10.4. The maximum atomic E-state index is 10.4. The molecule has 0 heterocycles. The summed E-state index contributed by atoms with van der Waals surface area (Å²) in [6.07, 6.45) is -0.567. The Bertz CT molecular complexity index is 535. The van der Waals surface area contributed by atoms with Crippen LogP contribution in [0.5, 0.6) is 0 Å². The smallest absolute Gasteiger partial charge is 0.104 e. The quantitative estimate of drug-likeness (QED) is 0.841. The van der Waals surface area contributed by atoms with Gasteiger partial charge in [-0.1, -0.05) is 73.1 Å². The highest BCUT2D eigenvalue weighted by Crippen LogP contribution is 2.27. The van der Waals surface area contributed by atoms with Crippen LogP contribution in [0.3, 0.4) is 0 Å². The van der Waals surface area contributed by atoms with Gasteiger partial charge in [0.15, 0.2) is 0 Å². The van der Waals surface area contributed by atoms with E-state index in [-0.39, 0.29) is 5.41 Å². The molecule has 0 fully saturated rings. The number of benzene rings is 2. The second kappa shape index (κ2) is 5.48. The predicted octanol–water partition coefficient (Wildman–Crippen LogP) is 4.83. The van der Waals surface area contributed by atoms with Crippen LogP contribution >= 0.6 is 15.9 Å². The Labute approximate surface area is 123 Å². The summed E-state index contributed by atoms with van der Waals surface area (Å²) in [4.78, 5) is 0. The molecule has 0 bridgehead atoms. The number of aliphatic hydroxyl groups is 1. The average molecular weight is 319 g/mol. The Morgan fingerprint density at radius 1 is 0.842 bits per heavy atom. The molecule has 0 saturated carbocycles. The van der Waals surface area contributed by atoms with Crippen molar-refractivity contribution in [3.8, 4) is 0 Å². The van der Waals surface area contributed by atoms with Crippen molar-refractivity contribution >= 4 is 15.9 Å². The summed E-state index contributed by atoms with van der Waals surface area (Å²) >= 11 is 3.40. The summed E-state index contributed by atoms with van der Waals surface area (Å²) < 4.78 is 1.02. The van der Waals surface area contributed by atoms with Crippen LogP contribution in [0.2, 0.25) is 0 Å². The maximum Gasteiger partial charge on any atom is 0.104 e. The largest absolute Gasteiger partial charge is 0.384 e. The minimum Gasteiger partial charge on any atom is -0.384 e. The molecule has 1 atom stereocenters. The van der Waals surface area contributed by atoms with E-state index in [9.17, 15) is 5.11 Å². The number of hydrogen-bond donors (Lipinski definition) is 1. The SMILES string of the molecule is CC(C)(C)c1ccc([C@H](O)c2ccc(Br)cc2)cc1. The van der Waals surface area contributed by atoms with Gasteiger partial charge in [0.1, 0.15) is 6.10 Å². The van der Waals surface area contributed by atoms with Crippen molar-refractivity contribution in [2.75, 3.05) is 0 Å². The van der Waals surface area contributed by atoms with Crippen LogP contribution in [0.25, 0.3) is 0 Å². The van der Waals surface area contributed by atoms with Gasteiger partial charge in [-0.15, -0.1) is 0 Å². The normalized spacial score (nSPS) is 13.3. The lowest BCUT2D eigenvalue weighted by molar-refractivity contribution is 0.220. The van der Waals surface area contributed by atoms with E-state index in [0.717, 1.165) is 15.6 Å². The highest BCUT2D eigenvalue weighted by Gasteiger charge is 2.15. The minimum absolute atomic E-state index is 0.140. The molecule has 0 aliphatic carbocycles. The molecule has 0 radical (unpaired) electrons. The van der Waals surface area contributed by atoms with Crippen molar-refractivity contribution in [3.63, 3.8) is 0 Å². The van der Waals surface area contributed by atoms with Crippen LogP contribution in [0, 0.1) is 0 Å². The second-order valence-corrected chi connectivity index (χ2v) is 6.74. The van der Waals surface area contributed by atoms with Gasteiger partial charge in [-0.2, -0.15) is 0 Å². The van der Waals surface area contributed by atoms with E-state index in [0.29, 0.717) is 0 Å². The van der Waals surface area contributed by atoms with Gasteiger partial charge in [0, 0.05) is 4.47 Å². The molecule has 1 N–H and O–H groups in total. The van der Waals surface area contributed by atoms with Gasteiger partial charge in [0.2, 0.25) is 0 Å². The van der Waals surface area contributed by atoms with Gasteiger partial charge < -0.3 is 5.11 Å². The van der Waals surface area contributed by atoms with Crippen LogP contribution < -0.4 is 0 Å². The van der Waals surface area contributed by atoms with Crippen LogP contribution in [0.1, 0.15) is 43.6 Å². The van der Waals surface area contributed by atoms with Crippen molar-refractivity contribution in [1.29, 1.82) is 0 Å². The molecule has 1 nitrogen and oxygen atoms in total. The molecule has 0 saturated heterocycles. The topological polar surface area (TPSA) is 20.2 Å². The van der Waals surface area contributed by atoms with Crippen molar-refractivity contribution < 1.29 is 5.11 Å². The average Bonchev–Trinajstić information content (AvgIpc) is 2.38. The molecule has 19 heavy (non-hydrogen) atoms. The fraction of sp³-hybridized carbons (Fsp3) is 0.294. The molecule has 0 unspecified atom stereocenters. The van der Waals surface area contributed by atoms with Gasteiger partial charge >= 0.3 is 0 Å². The fourth-order valence-corrected chi connectivity index (χ4v) is 2.27. The Kier molecular flexibility index (Phi) is 4.12. The van der Waals surface area contributed by atoms with Crippen LogP contribution in [-0.4, -0.2) is 5.11 Å². The predicted molar refractivity (Wildman–Crippen MR) is 83.3 cm³/mol. The zero-order valence-corrected chi connectivity index (χ0v) is 13.1. The molecule has 2 heteroatoms. The Balaban J connectivity index is 2.25. The number of halogens is 1. The van der Waals surface area contributed by atoms with Crippen LogP contribution in [-0.2, 0) is 5.41 Å². The third kappa shape index (κ3) is 3.46. The number of rotatable bonds is 2. The number of aliphatic hydroxyl groups excluding tert-OH is 1. The maximum absolute atomic E-state index is 10.4. The summed E-state index contributed by atoms with van der Waals surface area (Å²) in [6, 6.07) is 16.0. The van der Waals surface area contributed by atoms with Crippen molar-refractivity contribution in [1.82, 2.24) is 0 Å². The van der Waals surface area contributed by atoms with E-state index in [2.05, 4.69) is 48.8 Å². The number of hydrogen-bond acceptors (Lipinski definition) is 1. The van der Waals surface area contributed by atoms with Crippen LogP contribution in [0.15, 0.2) is 53.0 Å². The van der Waals surface area contributed by atoms with Gasteiger partial charge in [-0.25, -0.2) is 0 Å². The highest BCUT2D eigenvalue weighted by molar-refractivity contribution is 9.10. The van der Waals surface area contributed by atoms with Crippen LogP contribution in [0.4, 0.5) is 0 Å². The van der Waals surface area contributed by atoms with Crippen molar-refractivity contribution in [2.24, 2.45) is 0 Å². The zero-order chi connectivity index (χ0) is 14.0. The van der Waals surface area contributed by atoms with Gasteiger partial charge in [0.25, 0.3) is 0 Å². The Morgan fingerprint density at radius 3 is 1.68 bits per heavy atom. The molecule has 0 aliphatic rings. The third-order valence-corrected chi connectivity index (χ3v) is 3.81. The lowest BCUT2D eigenvalue weighted by atomic mass is 9.86. The fourth-order valence-electron chi connectivity index (χ4n) is 2.00. The van der Waals surface area contributed by atoms with Crippen molar-refractivity contribution in [3.05, 3.63) is 69.7 Å². The standard InChI is InChI=1S/C17H19BrO/c1-17(2,3)14-8-4-12(5-9-14)16(19)13-6-10-15(18)11-7-13/h4-11,16,19H,1-3H3/t16-/m0/s1. The highest BCUT2D eigenvalue weighted by atomic mass is 79.9. The molecular formula is C17H19BrO. The van der Waals surface area contributed by atoms with E-state index < -0.39 is 6.10 Å². The molecule has 2 aromatic rings. The summed E-state index contributed by atoms with van der Waals surface area (Å²) in [6.45, 7) is 6.56. The molecule has 2 rings (SSSR count).